The highest BCUT2D eigenvalue weighted by Gasteiger charge is 2.37. The molecule has 0 aliphatic heterocycles. The minimum absolute atomic E-state index is 0.133. The Kier molecular flexibility index (Phi) is 3.27. The van der Waals surface area contributed by atoms with Crippen LogP contribution < -0.4 is 0 Å². The second-order valence-electron chi connectivity index (χ2n) is 2.80. The summed E-state index contributed by atoms with van der Waals surface area (Å²) in [5.74, 6) is 0. The first-order valence-electron chi connectivity index (χ1n) is 3.82. The molecule has 0 bridgehead atoms. The van der Waals surface area contributed by atoms with Crippen molar-refractivity contribution in [2.75, 3.05) is 0 Å². The van der Waals surface area contributed by atoms with Gasteiger partial charge in [-0.2, -0.15) is 13.2 Å². The molecule has 0 aliphatic rings. The molecule has 2 unspecified atom stereocenters. The van der Waals surface area contributed by atoms with Crippen molar-refractivity contribution in [1.29, 1.82) is 0 Å². The van der Waals surface area contributed by atoms with Crippen LogP contribution >= 0.6 is 9.24 Å². The van der Waals surface area contributed by atoms with Gasteiger partial charge in [0.2, 0.25) is 0 Å². The third kappa shape index (κ3) is 2.55. The monoisotopic (exact) mass is 220 g/mol. The zero-order valence-electron chi connectivity index (χ0n) is 7.08. The van der Waals surface area contributed by atoms with Crippen molar-refractivity contribution in [3.63, 3.8) is 0 Å². The molecule has 1 aromatic carbocycles. The van der Waals surface area contributed by atoms with Gasteiger partial charge in [0.25, 0.3) is 0 Å². The van der Waals surface area contributed by atoms with Gasteiger partial charge in [-0.25, -0.2) is 0 Å². The number of carbonyl (C=O) groups is 1. The molecule has 0 saturated carbocycles. The lowest BCUT2D eigenvalue weighted by atomic mass is 10.1. The molecule has 0 spiro atoms. The minimum Gasteiger partial charge on any atom is -0.298 e. The molecule has 0 N–H and O–H groups in total. The third-order valence-corrected chi connectivity index (χ3v) is 2.55. The van der Waals surface area contributed by atoms with E-state index in [1.165, 1.54) is 24.3 Å². The van der Waals surface area contributed by atoms with Gasteiger partial charge in [0, 0.05) is 5.56 Å². The summed E-state index contributed by atoms with van der Waals surface area (Å²) < 4.78 is 36.7. The second-order valence-corrected chi connectivity index (χ2v) is 3.47. The summed E-state index contributed by atoms with van der Waals surface area (Å²) in [4.78, 5) is 10.3. The maximum Gasteiger partial charge on any atom is 0.399 e. The molecule has 0 fully saturated rings. The van der Waals surface area contributed by atoms with Crippen LogP contribution in [0.4, 0.5) is 13.2 Å². The summed E-state index contributed by atoms with van der Waals surface area (Å²) in [6.45, 7) is 0. The van der Waals surface area contributed by atoms with Crippen LogP contribution in [0.2, 0.25) is 0 Å². The largest absolute Gasteiger partial charge is 0.399 e. The summed E-state index contributed by atoms with van der Waals surface area (Å²) in [5.41, 5.74) is -1.08. The van der Waals surface area contributed by atoms with E-state index < -0.39 is 11.8 Å². The third-order valence-electron chi connectivity index (χ3n) is 1.78. The Bertz CT molecular complexity index is 318. The maximum atomic E-state index is 12.2. The van der Waals surface area contributed by atoms with Crippen LogP contribution in [0, 0.1) is 0 Å². The van der Waals surface area contributed by atoms with Gasteiger partial charge in [-0.3, -0.25) is 4.79 Å². The first-order chi connectivity index (χ1) is 6.45. The van der Waals surface area contributed by atoms with Gasteiger partial charge in [0.05, 0.1) is 5.66 Å². The molecule has 14 heavy (non-hydrogen) atoms. The standard InChI is InChI=1S/C9H8F3OP/c10-9(11,12)8(14)7-3-1-6(5-13)2-4-7/h1-5,8H,14H2. The predicted molar refractivity (Wildman–Crippen MR) is 50.3 cm³/mol. The van der Waals surface area contributed by atoms with Crippen molar-refractivity contribution >= 4 is 15.5 Å². The zero-order valence-corrected chi connectivity index (χ0v) is 8.24. The highest BCUT2D eigenvalue weighted by molar-refractivity contribution is 7.17. The SMILES string of the molecule is O=Cc1ccc(C(P)C(F)(F)F)cc1. The van der Waals surface area contributed by atoms with Crippen molar-refractivity contribution in [2.24, 2.45) is 0 Å². The topological polar surface area (TPSA) is 17.1 Å². The van der Waals surface area contributed by atoms with Crippen molar-refractivity contribution in [1.82, 2.24) is 0 Å². The summed E-state index contributed by atoms with van der Waals surface area (Å²) in [6.07, 6.45) is -3.68. The van der Waals surface area contributed by atoms with E-state index in [1.54, 1.807) is 9.24 Å². The number of benzene rings is 1. The summed E-state index contributed by atoms with van der Waals surface area (Å²) in [6, 6.07) is 5.33. The van der Waals surface area contributed by atoms with Crippen molar-refractivity contribution in [2.45, 2.75) is 11.8 Å². The van der Waals surface area contributed by atoms with E-state index >= 15 is 0 Å². The number of aldehydes is 1. The molecule has 1 nitrogen and oxygen atoms in total. The molecule has 0 saturated heterocycles. The van der Waals surface area contributed by atoms with Crippen molar-refractivity contribution in [3.05, 3.63) is 35.4 Å². The Labute approximate surface area is 81.5 Å². The first kappa shape index (κ1) is 11.2. The molecular weight excluding hydrogens is 212 g/mol. The maximum absolute atomic E-state index is 12.2. The van der Waals surface area contributed by atoms with E-state index in [1.807, 2.05) is 0 Å². The Hall–Kier alpha value is -0.890. The lowest BCUT2D eigenvalue weighted by molar-refractivity contribution is -0.130. The predicted octanol–water partition coefficient (Wildman–Crippen LogP) is 2.98. The molecule has 5 heteroatoms. The number of hydrogen-bond acceptors (Lipinski definition) is 1. The molecule has 0 amide bonds. The average molecular weight is 220 g/mol. The molecule has 0 radical (unpaired) electrons. The fourth-order valence-electron chi connectivity index (χ4n) is 0.971. The minimum atomic E-state index is -4.27. The Morgan fingerprint density at radius 1 is 1.21 bits per heavy atom. The average Bonchev–Trinajstić information content (AvgIpc) is 2.15. The van der Waals surface area contributed by atoms with Crippen LogP contribution in [0.25, 0.3) is 0 Å². The number of hydrogen-bond donors (Lipinski definition) is 0. The lowest BCUT2D eigenvalue weighted by Crippen LogP contribution is -2.14. The van der Waals surface area contributed by atoms with E-state index in [9.17, 15) is 18.0 Å². The number of alkyl halides is 3. The highest BCUT2D eigenvalue weighted by atomic mass is 31.0. The zero-order chi connectivity index (χ0) is 10.8. The van der Waals surface area contributed by atoms with E-state index in [4.69, 9.17) is 0 Å². The van der Waals surface area contributed by atoms with Crippen LogP contribution in [-0.2, 0) is 0 Å². The normalized spacial score (nSPS) is 13.7. The molecule has 1 aromatic rings. The Morgan fingerprint density at radius 2 is 1.71 bits per heavy atom. The Balaban J connectivity index is 2.92. The van der Waals surface area contributed by atoms with Gasteiger partial charge in [0.15, 0.2) is 0 Å². The fraction of sp³-hybridized carbons (Fsp3) is 0.222. The second kappa shape index (κ2) is 4.09. The molecule has 0 aliphatic carbocycles. The van der Waals surface area contributed by atoms with Crippen LogP contribution in [0.1, 0.15) is 21.6 Å². The number of halogens is 3. The van der Waals surface area contributed by atoms with Gasteiger partial charge >= 0.3 is 6.18 Å². The van der Waals surface area contributed by atoms with Crippen LogP contribution in [0.15, 0.2) is 24.3 Å². The van der Waals surface area contributed by atoms with Crippen LogP contribution in [0.3, 0.4) is 0 Å². The molecular formula is C9H8F3OP. The molecule has 76 valence electrons. The van der Waals surface area contributed by atoms with Gasteiger partial charge in [0.1, 0.15) is 6.29 Å². The summed E-state index contributed by atoms with van der Waals surface area (Å²) in [5, 5.41) is 0. The van der Waals surface area contributed by atoms with Crippen LogP contribution in [-0.4, -0.2) is 12.5 Å². The summed E-state index contributed by atoms with van der Waals surface area (Å²) in [7, 11) is 1.74. The molecule has 1 rings (SSSR count). The van der Waals surface area contributed by atoms with Gasteiger partial charge in [-0.1, -0.05) is 24.3 Å². The molecule has 2 atom stereocenters. The fourth-order valence-corrected chi connectivity index (χ4v) is 1.19. The van der Waals surface area contributed by atoms with Gasteiger partial charge in [-0.05, 0) is 5.56 Å². The lowest BCUT2D eigenvalue weighted by Gasteiger charge is -2.15. The van der Waals surface area contributed by atoms with E-state index in [2.05, 4.69) is 0 Å². The van der Waals surface area contributed by atoms with E-state index in [-0.39, 0.29) is 5.56 Å². The number of carbonyl (C=O) groups excluding carboxylic acids is 1. The number of rotatable bonds is 2. The van der Waals surface area contributed by atoms with E-state index in [0.29, 0.717) is 11.8 Å². The highest BCUT2D eigenvalue weighted by Crippen LogP contribution is 2.39. The Morgan fingerprint density at radius 3 is 2.07 bits per heavy atom. The van der Waals surface area contributed by atoms with Gasteiger partial charge < -0.3 is 0 Å². The molecule has 0 heterocycles. The first-order valence-corrected chi connectivity index (χ1v) is 4.49. The quantitative estimate of drug-likeness (QED) is 0.553. The smallest absolute Gasteiger partial charge is 0.298 e. The van der Waals surface area contributed by atoms with Crippen LogP contribution in [0.5, 0.6) is 0 Å². The van der Waals surface area contributed by atoms with Crippen molar-refractivity contribution in [3.8, 4) is 0 Å². The summed E-state index contributed by atoms with van der Waals surface area (Å²) >= 11 is 0. The van der Waals surface area contributed by atoms with E-state index in [0.717, 1.165) is 0 Å². The molecule has 0 aromatic heterocycles. The van der Waals surface area contributed by atoms with Crippen molar-refractivity contribution < 1.29 is 18.0 Å². The van der Waals surface area contributed by atoms with Gasteiger partial charge in [-0.15, -0.1) is 9.24 Å².